The number of aromatic nitrogens is 2. The Bertz CT molecular complexity index is 379. The molecule has 0 amide bonds. The summed E-state index contributed by atoms with van der Waals surface area (Å²) in [6.07, 6.45) is 5.30. The first kappa shape index (κ1) is 10.2. The summed E-state index contributed by atoms with van der Waals surface area (Å²) in [7, 11) is 0. The first-order valence-electron chi connectivity index (χ1n) is 4.54. The van der Waals surface area contributed by atoms with Gasteiger partial charge in [0.2, 0.25) is 0 Å². The zero-order valence-electron chi connectivity index (χ0n) is 8.25. The van der Waals surface area contributed by atoms with E-state index < -0.39 is 5.97 Å². The molecule has 1 aromatic heterocycles. The predicted octanol–water partition coefficient (Wildman–Crippen LogP) is 0.719. The van der Waals surface area contributed by atoms with Gasteiger partial charge in [0.05, 0.1) is 18.3 Å². The zero-order valence-corrected chi connectivity index (χ0v) is 9.07. The fourth-order valence-electron chi connectivity index (χ4n) is 1.41. The number of carboxylic acid groups (broad SMARTS) is 1. The Labute approximate surface area is 91.5 Å². The maximum Gasteiger partial charge on any atom is 0.310 e. The van der Waals surface area contributed by atoms with Crippen molar-refractivity contribution >= 4 is 23.5 Å². The summed E-state index contributed by atoms with van der Waals surface area (Å²) in [4.78, 5) is 20.9. The van der Waals surface area contributed by atoms with Crippen LogP contribution in [0.25, 0.3) is 0 Å². The molecule has 1 aliphatic heterocycles. The normalized spacial score (nSPS) is 16.2. The molecule has 1 N–H and O–H groups in total. The lowest BCUT2D eigenvalue weighted by Gasteiger charge is -2.37. The fourth-order valence-corrected chi connectivity index (χ4v) is 1.76. The monoisotopic (exact) mass is 225 g/mol. The number of carboxylic acids is 1. The summed E-state index contributed by atoms with van der Waals surface area (Å²) in [6, 6.07) is 0. The molecule has 2 rings (SSSR count). The van der Waals surface area contributed by atoms with E-state index in [2.05, 4.69) is 9.97 Å². The first-order chi connectivity index (χ1) is 7.20. The van der Waals surface area contributed by atoms with Crippen LogP contribution in [0.4, 0.5) is 5.82 Å². The fraction of sp³-hybridized carbons (Fsp3) is 0.444. The van der Waals surface area contributed by atoms with Crippen LogP contribution in [0.3, 0.4) is 0 Å². The van der Waals surface area contributed by atoms with Gasteiger partial charge in [0.15, 0.2) is 0 Å². The third kappa shape index (κ3) is 2.04. The van der Waals surface area contributed by atoms with Gasteiger partial charge in [0.1, 0.15) is 10.8 Å². The topological polar surface area (TPSA) is 66.3 Å². The number of carbonyl (C=O) groups is 1. The molecule has 0 spiro atoms. The smallest absolute Gasteiger partial charge is 0.310 e. The van der Waals surface area contributed by atoms with E-state index in [9.17, 15) is 4.79 Å². The molecule has 1 saturated heterocycles. The van der Waals surface area contributed by atoms with Gasteiger partial charge in [0, 0.05) is 13.1 Å². The third-order valence-corrected chi connectivity index (χ3v) is 2.98. The molecule has 15 heavy (non-hydrogen) atoms. The van der Waals surface area contributed by atoms with Crippen molar-refractivity contribution in [3.63, 3.8) is 0 Å². The van der Waals surface area contributed by atoms with Gasteiger partial charge < -0.3 is 10.0 Å². The van der Waals surface area contributed by atoms with Gasteiger partial charge in [-0.1, -0.05) is 0 Å². The van der Waals surface area contributed by atoms with Crippen molar-refractivity contribution in [2.45, 2.75) is 5.03 Å². The minimum Gasteiger partial charge on any atom is -0.481 e. The lowest BCUT2D eigenvalue weighted by Crippen LogP contribution is -2.50. The molecule has 0 aliphatic carbocycles. The summed E-state index contributed by atoms with van der Waals surface area (Å²) in [5.74, 6) is -0.232. The molecule has 5 nitrogen and oxygen atoms in total. The Morgan fingerprint density at radius 3 is 2.93 bits per heavy atom. The van der Waals surface area contributed by atoms with Crippen LogP contribution in [0.1, 0.15) is 0 Å². The number of nitrogens with zero attached hydrogens (tertiary/aromatic N) is 3. The number of hydrogen-bond donors (Lipinski definition) is 1. The summed E-state index contributed by atoms with van der Waals surface area (Å²) >= 11 is 1.53. The van der Waals surface area contributed by atoms with Gasteiger partial charge in [-0.25, -0.2) is 4.98 Å². The van der Waals surface area contributed by atoms with Gasteiger partial charge in [0.25, 0.3) is 0 Å². The van der Waals surface area contributed by atoms with Crippen LogP contribution in [-0.2, 0) is 4.79 Å². The molecule has 1 aromatic rings. The molecule has 0 aromatic carbocycles. The van der Waals surface area contributed by atoms with Crippen LogP contribution in [0.2, 0.25) is 0 Å². The maximum atomic E-state index is 10.6. The molecular weight excluding hydrogens is 214 g/mol. The second kappa shape index (κ2) is 4.06. The van der Waals surface area contributed by atoms with Crippen LogP contribution in [0.5, 0.6) is 0 Å². The molecule has 0 unspecified atom stereocenters. The van der Waals surface area contributed by atoms with Crippen LogP contribution in [-0.4, -0.2) is 40.4 Å². The van der Waals surface area contributed by atoms with Crippen LogP contribution >= 0.6 is 11.8 Å². The number of anilines is 1. The Hall–Kier alpha value is -1.30. The second-order valence-corrected chi connectivity index (χ2v) is 4.19. The van der Waals surface area contributed by atoms with Crippen molar-refractivity contribution in [2.24, 2.45) is 5.92 Å². The van der Waals surface area contributed by atoms with Crippen molar-refractivity contribution in [2.75, 3.05) is 24.2 Å². The molecule has 80 valence electrons. The van der Waals surface area contributed by atoms with Crippen molar-refractivity contribution in [1.82, 2.24) is 9.97 Å². The van der Waals surface area contributed by atoms with Crippen LogP contribution in [0.15, 0.2) is 17.4 Å². The number of aliphatic carboxylic acids is 1. The van der Waals surface area contributed by atoms with Gasteiger partial charge in [-0.15, -0.1) is 11.8 Å². The molecule has 0 atom stereocenters. The quantitative estimate of drug-likeness (QED) is 0.765. The highest BCUT2D eigenvalue weighted by Crippen LogP contribution is 2.23. The highest BCUT2D eigenvalue weighted by Gasteiger charge is 2.33. The maximum absolute atomic E-state index is 10.6. The van der Waals surface area contributed by atoms with E-state index in [1.165, 1.54) is 11.8 Å². The second-order valence-electron chi connectivity index (χ2n) is 3.36. The van der Waals surface area contributed by atoms with Crippen molar-refractivity contribution in [3.8, 4) is 0 Å². The Morgan fingerprint density at radius 2 is 2.33 bits per heavy atom. The minimum absolute atomic E-state index is 0.260. The Morgan fingerprint density at radius 1 is 1.60 bits per heavy atom. The average molecular weight is 225 g/mol. The van der Waals surface area contributed by atoms with Gasteiger partial charge in [-0.3, -0.25) is 9.78 Å². The van der Waals surface area contributed by atoms with Crippen molar-refractivity contribution in [1.29, 1.82) is 0 Å². The van der Waals surface area contributed by atoms with E-state index >= 15 is 0 Å². The van der Waals surface area contributed by atoms with Crippen molar-refractivity contribution < 1.29 is 9.90 Å². The highest BCUT2D eigenvalue weighted by atomic mass is 32.2. The van der Waals surface area contributed by atoms with Crippen LogP contribution in [0, 0.1) is 5.92 Å². The zero-order chi connectivity index (χ0) is 10.8. The predicted molar refractivity (Wildman–Crippen MR) is 57.2 cm³/mol. The van der Waals surface area contributed by atoms with Crippen LogP contribution < -0.4 is 4.90 Å². The summed E-state index contributed by atoms with van der Waals surface area (Å²) in [5.41, 5.74) is 0. The largest absolute Gasteiger partial charge is 0.481 e. The highest BCUT2D eigenvalue weighted by molar-refractivity contribution is 7.98. The van der Waals surface area contributed by atoms with Gasteiger partial charge in [-0.05, 0) is 6.26 Å². The molecule has 0 bridgehead atoms. The Balaban J connectivity index is 2.03. The molecule has 1 aliphatic rings. The van der Waals surface area contributed by atoms with Gasteiger partial charge in [-0.2, -0.15) is 0 Å². The lowest BCUT2D eigenvalue weighted by molar-refractivity contribution is -0.142. The standard InChI is InChI=1S/C9H11N3O2S/c1-15-8-3-10-2-7(11-8)12-4-6(5-12)9(13)14/h2-3,6H,4-5H2,1H3,(H,13,14). The van der Waals surface area contributed by atoms with E-state index in [0.29, 0.717) is 13.1 Å². The number of hydrogen-bond acceptors (Lipinski definition) is 5. The number of thioether (sulfide) groups is 1. The molecule has 1 fully saturated rings. The minimum atomic E-state index is -0.736. The lowest BCUT2D eigenvalue weighted by atomic mass is 10.0. The van der Waals surface area contributed by atoms with E-state index in [-0.39, 0.29) is 5.92 Å². The molecular formula is C9H11N3O2S. The van der Waals surface area contributed by atoms with E-state index in [4.69, 9.17) is 5.11 Å². The summed E-state index contributed by atoms with van der Waals surface area (Å²) in [6.45, 7) is 1.06. The van der Waals surface area contributed by atoms with E-state index in [1.807, 2.05) is 11.2 Å². The van der Waals surface area contributed by atoms with Crippen molar-refractivity contribution in [3.05, 3.63) is 12.4 Å². The van der Waals surface area contributed by atoms with E-state index in [0.717, 1.165) is 10.8 Å². The summed E-state index contributed by atoms with van der Waals surface area (Å²) in [5, 5.41) is 9.58. The third-order valence-electron chi connectivity index (χ3n) is 2.36. The SMILES string of the molecule is CSc1cncc(N2CC(C(=O)O)C2)n1. The molecule has 6 heteroatoms. The summed E-state index contributed by atoms with van der Waals surface area (Å²) < 4.78 is 0. The molecule has 0 radical (unpaired) electrons. The Kier molecular flexibility index (Phi) is 2.77. The average Bonchev–Trinajstić information content (AvgIpc) is 2.15. The number of rotatable bonds is 3. The molecule has 2 heterocycles. The van der Waals surface area contributed by atoms with E-state index in [1.54, 1.807) is 12.4 Å². The molecule has 0 saturated carbocycles. The van der Waals surface area contributed by atoms with Gasteiger partial charge >= 0.3 is 5.97 Å². The first-order valence-corrected chi connectivity index (χ1v) is 5.77.